The standard InChI is InChI=1S/3C6H12O2S.C4H9.Sn/c3*1-4(2)3-5(9)6(7)8;1-3-4-2;/h3*4-5,9H,3H2,1-2H3,(H,7,8);1,3-4H2,2H3;/q;;;;+3/p-3. The summed E-state index contributed by atoms with van der Waals surface area (Å²) in [5.74, 6) is -2.13. The number of carbonyl (C=O) groups is 3. The van der Waals surface area contributed by atoms with Crippen LogP contribution in [0.4, 0.5) is 0 Å². The summed E-state index contributed by atoms with van der Waals surface area (Å²) in [5, 5.41) is 28.3. The zero-order valence-electron chi connectivity index (χ0n) is 20.5. The van der Waals surface area contributed by atoms with Gasteiger partial charge in [-0.1, -0.05) is 41.5 Å². The summed E-state index contributed by atoms with van der Waals surface area (Å²) >= 11 is 13.1. The minimum atomic E-state index is -1.08. The zero-order valence-corrected chi connectivity index (χ0v) is 26.0. The molecule has 0 aliphatic heterocycles. The third-order valence-electron chi connectivity index (χ3n) is 3.43. The molecule has 188 valence electrons. The molecule has 0 fully saturated rings. The average Bonchev–Trinajstić information content (AvgIpc) is 2.62. The Kier molecular flexibility index (Phi) is 31.9. The SMILES string of the molecule is CC(C)CC(S)C(=O)[O-].CC(C)CC(S)C(=O)[O-].CC(C)CC(S)C(=O)[O-].CCC[CH2][Sn+3]. The third-order valence-corrected chi connectivity index (χ3v) is 5.70. The van der Waals surface area contributed by atoms with Crippen molar-refractivity contribution < 1.29 is 29.7 Å². The van der Waals surface area contributed by atoms with Crippen LogP contribution in [0.1, 0.15) is 80.6 Å². The Hall–Kier alpha value is 0.259. The van der Waals surface area contributed by atoms with Crippen LogP contribution >= 0.6 is 37.9 Å². The van der Waals surface area contributed by atoms with E-state index in [9.17, 15) is 29.7 Å². The number of carboxylic acid groups (broad SMARTS) is 3. The van der Waals surface area contributed by atoms with E-state index in [0.717, 1.165) is 0 Å². The maximum absolute atomic E-state index is 10.0. The van der Waals surface area contributed by atoms with Gasteiger partial charge in [0.1, 0.15) is 0 Å². The number of rotatable bonds is 11. The first kappa shape index (κ1) is 39.5. The molecule has 3 atom stereocenters. The van der Waals surface area contributed by atoms with Crippen molar-refractivity contribution in [1.29, 1.82) is 0 Å². The quantitative estimate of drug-likeness (QED) is 0.240. The van der Waals surface area contributed by atoms with Gasteiger partial charge in [-0.2, -0.15) is 37.9 Å². The molecule has 0 aliphatic carbocycles. The van der Waals surface area contributed by atoms with E-state index in [4.69, 9.17) is 0 Å². The van der Waals surface area contributed by atoms with Crippen LogP contribution in [0.2, 0.25) is 4.44 Å². The summed E-state index contributed by atoms with van der Waals surface area (Å²) in [4.78, 5) is 30.1. The fourth-order valence-electron chi connectivity index (χ4n) is 1.81. The molecule has 0 spiro atoms. The van der Waals surface area contributed by atoms with Crippen LogP contribution in [-0.4, -0.2) is 56.2 Å². The van der Waals surface area contributed by atoms with Crippen LogP contribution in [0.25, 0.3) is 0 Å². The molecule has 0 radical (unpaired) electrons. The van der Waals surface area contributed by atoms with Crippen LogP contribution in [0.3, 0.4) is 0 Å². The Bertz CT molecular complexity index is 413. The maximum atomic E-state index is 10.0. The molecule has 0 aromatic rings. The number of carboxylic acids is 3. The van der Waals surface area contributed by atoms with Crippen molar-refractivity contribution in [3.63, 3.8) is 0 Å². The normalized spacial score (nSPS) is 13.0. The average molecular weight is 617 g/mol. The molecule has 10 heteroatoms. The predicted octanol–water partition coefficient (Wildman–Crippen LogP) is 1.62. The first-order valence-corrected chi connectivity index (χ1v) is 14.4. The van der Waals surface area contributed by atoms with Crippen LogP contribution in [0.15, 0.2) is 0 Å². The summed E-state index contributed by atoms with van der Waals surface area (Å²) in [6.45, 7) is 13.9. The van der Waals surface area contributed by atoms with Crippen LogP contribution in [0.5, 0.6) is 0 Å². The molecule has 0 aliphatic rings. The topological polar surface area (TPSA) is 120 Å². The van der Waals surface area contributed by atoms with E-state index in [1.807, 2.05) is 41.5 Å². The molecular weight excluding hydrogens is 575 g/mol. The van der Waals surface area contributed by atoms with Gasteiger partial charge < -0.3 is 29.7 Å². The molecule has 0 rings (SSSR count). The van der Waals surface area contributed by atoms with E-state index in [-0.39, 0.29) is 0 Å². The number of aliphatic carboxylic acids is 3. The van der Waals surface area contributed by atoms with E-state index < -0.39 is 33.7 Å². The first-order valence-electron chi connectivity index (χ1n) is 10.8. The van der Waals surface area contributed by atoms with E-state index in [1.165, 1.54) is 17.3 Å². The van der Waals surface area contributed by atoms with Gasteiger partial charge in [-0.15, -0.1) is 0 Å². The van der Waals surface area contributed by atoms with Crippen molar-refractivity contribution >= 4 is 78.3 Å². The van der Waals surface area contributed by atoms with E-state index in [1.54, 1.807) is 22.5 Å². The van der Waals surface area contributed by atoms with E-state index >= 15 is 0 Å². The molecular formula is C22H42O6S3Sn. The Morgan fingerprint density at radius 3 is 0.906 bits per heavy atom. The number of unbranched alkanes of at least 4 members (excludes halogenated alkanes) is 1. The Balaban J connectivity index is -0.000000167. The van der Waals surface area contributed by atoms with Crippen molar-refractivity contribution in [3.8, 4) is 0 Å². The molecule has 0 bridgehead atoms. The molecule has 0 heterocycles. The molecule has 0 aromatic heterocycles. The number of carbonyl (C=O) groups excluding carboxylic acids is 3. The summed E-state index contributed by atoms with van der Waals surface area (Å²) in [5.41, 5.74) is 0. The Labute approximate surface area is 225 Å². The predicted molar refractivity (Wildman–Crippen MR) is 137 cm³/mol. The van der Waals surface area contributed by atoms with Crippen molar-refractivity contribution in [2.45, 2.75) is 101 Å². The molecule has 0 N–H and O–H groups in total. The van der Waals surface area contributed by atoms with Gasteiger partial charge in [-0.3, -0.25) is 0 Å². The molecule has 0 saturated heterocycles. The van der Waals surface area contributed by atoms with Gasteiger partial charge in [0, 0.05) is 15.7 Å². The monoisotopic (exact) mass is 618 g/mol. The van der Waals surface area contributed by atoms with Crippen molar-refractivity contribution in [2.75, 3.05) is 0 Å². The van der Waals surface area contributed by atoms with Crippen molar-refractivity contribution in [1.82, 2.24) is 0 Å². The summed E-state index contributed by atoms with van der Waals surface area (Å²) in [7, 11) is 0. The van der Waals surface area contributed by atoms with Crippen LogP contribution in [-0.2, 0) is 14.4 Å². The Morgan fingerprint density at radius 2 is 0.875 bits per heavy atom. The molecule has 3 unspecified atom stereocenters. The van der Waals surface area contributed by atoms with Gasteiger partial charge >= 0.3 is 46.7 Å². The molecule has 32 heavy (non-hydrogen) atoms. The fourth-order valence-corrected chi connectivity index (χ4v) is 4.08. The van der Waals surface area contributed by atoms with Crippen LogP contribution < -0.4 is 15.3 Å². The van der Waals surface area contributed by atoms with Gasteiger partial charge in [0.25, 0.3) is 0 Å². The number of hydrogen-bond donors (Lipinski definition) is 3. The third kappa shape index (κ3) is 37.6. The minimum absolute atomic E-state index is 0.366. The second-order valence-corrected chi connectivity index (χ2v) is 11.8. The van der Waals surface area contributed by atoms with Crippen LogP contribution in [0, 0.1) is 17.8 Å². The second kappa shape index (κ2) is 25.9. The Morgan fingerprint density at radius 1 is 0.656 bits per heavy atom. The summed E-state index contributed by atoms with van der Waals surface area (Å²) < 4.78 is 1.43. The number of thiol groups is 3. The van der Waals surface area contributed by atoms with Gasteiger partial charge in [0.15, 0.2) is 0 Å². The zero-order chi connectivity index (χ0) is 26.4. The van der Waals surface area contributed by atoms with Gasteiger partial charge in [-0.25, -0.2) is 0 Å². The van der Waals surface area contributed by atoms with E-state index in [0.29, 0.717) is 37.0 Å². The summed E-state index contributed by atoms with van der Waals surface area (Å²) in [6.07, 6.45) is 4.52. The molecule has 0 amide bonds. The van der Waals surface area contributed by atoms with E-state index in [2.05, 4.69) is 44.8 Å². The molecule has 0 saturated carbocycles. The summed E-state index contributed by atoms with van der Waals surface area (Å²) in [6, 6.07) is 0. The molecule has 6 nitrogen and oxygen atoms in total. The number of hydrogen-bond acceptors (Lipinski definition) is 9. The van der Waals surface area contributed by atoms with Crippen molar-refractivity contribution in [2.24, 2.45) is 17.8 Å². The van der Waals surface area contributed by atoms with Gasteiger partial charge in [0.2, 0.25) is 0 Å². The fraction of sp³-hybridized carbons (Fsp3) is 0.864. The second-order valence-electron chi connectivity index (χ2n) is 8.50. The van der Waals surface area contributed by atoms with Gasteiger partial charge in [-0.05, 0) is 37.0 Å². The first-order chi connectivity index (χ1) is 14.5. The molecule has 0 aromatic carbocycles. The van der Waals surface area contributed by atoms with Gasteiger partial charge in [0.05, 0.1) is 17.9 Å². The van der Waals surface area contributed by atoms with Crippen molar-refractivity contribution in [3.05, 3.63) is 0 Å².